The van der Waals surface area contributed by atoms with E-state index in [9.17, 15) is 4.79 Å². The Morgan fingerprint density at radius 1 is 1.58 bits per heavy atom. The number of carbonyl (C=O) groups excluding carboxylic acids is 1. The van der Waals surface area contributed by atoms with E-state index in [0.29, 0.717) is 23.9 Å². The second-order valence-corrected chi connectivity index (χ2v) is 5.83. The van der Waals surface area contributed by atoms with Crippen molar-refractivity contribution >= 4 is 33.4 Å². The molecular weight excluding hydrogens is 334 g/mol. The zero-order valence-corrected chi connectivity index (χ0v) is 12.7. The van der Waals surface area contributed by atoms with Crippen LogP contribution in [0.2, 0.25) is 5.02 Å². The number of hydrogen-bond donors (Lipinski definition) is 1. The molecule has 19 heavy (non-hydrogen) atoms. The van der Waals surface area contributed by atoms with Crippen LogP contribution in [0.4, 0.5) is 0 Å². The third kappa shape index (κ3) is 3.84. The number of ether oxygens (including phenoxy) is 1. The predicted molar refractivity (Wildman–Crippen MR) is 76.4 cm³/mol. The molecule has 1 fully saturated rings. The van der Waals surface area contributed by atoms with Crippen LogP contribution < -0.4 is 4.74 Å². The number of hydrogen-bond acceptors (Lipinski definition) is 3. The normalized spacial score (nSPS) is 18.7. The van der Waals surface area contributed by atoms with Crippen molar-refractivity contribution in [2.75, 3.05) is 26.3 Å². The number of nitrogens with zero attached hydrogens (tertiary/aromatic N) is 1. The van der Waals surface area contributed by atoms with Gasteiger partial charge in [-0.15, -0.1) is 0 Å². The van der Waals surface area contributed by atoms with Gasteiger partial charge in [0.15, 0.2) is 6.61 Å². The molecule has 0 saturated carbocycles. The van der Waals surface area contributed by atoms with Gasteiger partial charge in [-0.25, -0.2) is 0 Å². The lowest BCUT2D eigenvalue weighted by molar-refractivity contribution is -0.132. The van der Waals surface area contributed by atoms with Crippen LogP contribution in [-0.4, -0.2) is 42.2 Å². The van der Waals surface area contributed by atoms with Crippen LogP contribution in [0.5, 0.6) is 5.75 Å². The first kappa shape index (κ1) is 14.6. The molecule has 104 valence electrons. The van der Waals surface area contributed by atoms with E-state index in [4.69, 9.17) is 21.4 Å². The maximum absolute atomic E-state index is 11.9. The fraction of sp³-hybridized carbons (Fsp3) is 0.462. The SMILES string of the molecule is O=C(COc1ccc(Cl)cc1Br)N1CCC(CO)C1. The van der Waals surface area contributed by atoms with Gasteiger partial charge in [0.05, 0.1) is 4.47 Å². The Labute approximate surface area is 125 Å². The second kappa shape index (κ2) is 6.59. The summed E-state index contributed by atoms with van der Waals surface area (Å²) in [7, 11) is 0. The number of aliphatic hydroxyl groups is 1. The fourth-order valence-corrected chi connectivity index (χ4v) is 2.83. The number of rotatable bonds is 4. The van der Waals surface area contributed by atoms with E-state index in [1.807, 2.05) is 0 Å². The first-order chi connectivity index (χ1) is 9.10. The third-order valence-corrected chi connectivity index (χ3v) is 4.00. The molecule has 1 amide bonds. The van der Waals surface area contributed by atoms with Gasteiger partial charge in [-0.3, -0.25) is 4.79 Å². The molecular formula is C13H15BrClNO3. The standard InChI is InChI=1S/C13H15BrClNO3/c14-11-5-10(15)1-2-12(11)19-8-13(18)16-4-3-9(6-16)7-17/h1-2,5,9,17H,3-4,6-8H2. The second-order valence-electron chi connectivity index (χ2n) is 4.54. The molecule has 0 aliphatic carbocycles. The van der Waals surface area contributed by atoms with E-state index in [1.165, 1.54) is 0 Å². The lowest BCUT2D eigenvalue weighted by Crippen LogP contribution is -2.33. The minimum atomic E-state index is -0.0576. The van der Waals surface area contributed by atoms with Gasteiger partial charge in [-0.2, -0.15) is 0 Å². The quantitative estimate of drug-likeness (QED) is 0.908. The van der Waals surface area contributed by atoms with Crippen molar-refractivity contribution in [3.8, 4) is 5.75 Å². The van der Waals surface area contributed by atoms with Crippen molar-refractivity contribution in [1.82, 2.24) is 4.90 Å². The van der Waals surface area contributed by atoms with Crippen LogP contribution in [0.3, 0.4) is 0 Å². The molecule has 1 aromatic carbocycles. The largest absolute Gasteiger partial charge is 0.483 e. The van der Waals surface area contributed by atoms with Crippen molar-refractivity contribution in [3.05, 3.63) is 27.7 Å². The molecule has 4 nitrogen and oxygen atoms in total. The summed E-state index contributed by atoms with van der Waals surface area (Å²) in [6.07, 6.45) is 0.854. The van der Waals surface area contributed by atoms with Crippen molar-refractivity contribution in [3.63, 3.8) is 0 Å². The molecule has 1 aromatic rings. The molecule has 2 rings (SSSR count). The van der Waals surface area contributed by atoms with Gasteiger partial charge in [-0.05, 0) is 40.5 Å². The van der Waals surface area contributed by atoms with Gasteiger partial charge >= 0.3 is 0 Å². The average molecular weight is 349 g/mol. The van der Waals surface area contributed by atoms with Gasteiger partial charge in [0.25, 0.3) is 5.91 Å². The summed E-state index contributed by atoms with van der Waals surface area (Å²) in [5.74, 6) is 0.736. The Bertz CT molecular complexity index is 469. The molecule has 0 aromatic heterocycles. The van der Waals surface area contributed by atoms with E-state index in [1.54, 1.807) is 23.1 Å². The molecule has 1 N–H and O–H groups in total. The number of likely N-dealkylation sites (tertiary alicyclic amines) is 1. The lowest BCUT2D eigenvalue weighted by Gasteiger charge is -2.16. The van der Waals surface area contributed by atoms with E-state index < -0.39 is 0 Å². The summed E-state index contributed by atoms with van der Waals surface area (Å²) in [4.78, 5) is 13.7. The van der Waals surface area contributed by atoms with E-state index >= 15 is 0 Å². The highest BCUT2D eigenvalue weighted by Crippen LogP contribution is 2.28. The van der Waals surface area contributed by atoms with E-state index in [2.05, 4.69) is 15.9 Å². The molecule has 1 saturated heterocycles. The Morgan fingerprint density at radius 3 is 3.00 bits per heavy atom. The number of amides is 1. The lowest BCUT2D eigenvalue weighted by atomic mass is 10.1. The molecule has 1 unspecified atom stereocenters. The summed E-state index contributed by atoms with van der Waals surface area (Å²) >= 11 is 9.16. The molecule has 6 heteroatoms. The Balaban J connectivity index is 1.87. The van der Waals surface area contributed by atoms with Crippen LogP contribution >= 0.6 is 27.5 Å². The summed E-state index contributed by atoms with van der Waals surface area (Å²) in [6.45, 7) is 1.43. The molecule has 1 atom stereocenters. The van der Waals surface area contributed by atoms with Crippen LogP contribution in [0.1, 0.15) is 6.42 Å². The first-order valence-corrected chi connectivity index (χ1v) is 7.23. The highest BCUT2D eigenvalue weighted by molar-refractivity contribution is 9.10. The topological polar surface area (TPSA) is 49.8 Å². The molecule has 1 aliphatic heterocycles. The van der Waals surface area contributed by atoms with Crippen molar-refractivity contribution < 1.29 is 14.6 Å². The van der Waals surface area contributed by atoms with Crippen LogP contribution in [-0.2, 0) is 4.79 Å². The van der Waals surface area contributed by atoms with Gasteiger partial charge in [0, 0.05) is 30.6 Å². The minimum absolute atomic E-state index is 0.00161. The Morgan fingerprint density at radius 2 is 2.37 bits per heavy atom. The third-order valence-electron chi connectivity index (χ3n) is 3.14. The van der Waals surface area contributed by atoms with Crippen molar-refractivity contribution in [2.24, 2.45) is 5.92 Å². The summed E-state index contributed by atoms with van der Waals surface area (Å²) in [5.41, 5.74) is 0. The summed E-state index contributed by atoms with van der Waals surface area (Å²) in [5, 5.41) is 9.66. The smallest absolute Gasteiger partial charge is 0.260 e. The highest BCUT2D eigenvalue weighted by atomic mass is 79.9. The highest BCUT2D eigenvalue weighted by Gasteiger charge is 2.25. The predicted octanol–water partition coefficient (Wildman–Crippen LogP) is 2.32. The van der Waals surface area contributed by atoms with Crippen molar-refractivity contribution in [2.45, 2.75) is 6.42 Å². The van der Waals surface area contributed by atoms with Gasteiger partial charge in [0.1, 0.15) is 5.75 Å². The van der Waals surface area contributed by atoms with E-state index in [-0.39, 0.29) is 25.0 Å². The zero-order valence-electron chi connectivity index (χ0n) is 10.3. The monoisotopic (exact) mass is 347 g/mol. The average Bonchev–Trinajstić information content (AvgIpc) is 2.86. The Kier molecular flexibility index (Phi) is 5.07. The summed E-state index contributed by atoms with van der Waals surface area (Å²) in [6, 6.07) is 5.16. The maximum Gasteiger partial charge on any atom is 0.260 e. The van der Waals surface area contributed by atoms with Crippen LogP contribution in [0, 0.1) is 5.92 Å². The molecule has 0 spiro atoms. The Hall–Kier alpha value is -0.780. The summed E-state index contributed by atoms with van der Waals surface area (Å²) < 4.78 is 6.20. The van der Waals surface area contributed by atoms with E-state index in [0.717, 1.165) is 10.9 Å². The molecule has 1 aliphatic rings. The number of halogens is 2. The zero-order chi connectivity index (χ0) is 13.8. The number of aliphatic hydroxyl groups excluding tert-OH is 1. The fourth-order valence-electron chi connectivity index (χ4n) is 2.03. The number of benzene rings is 1. The van der Waals surface area contributed by atoms with Crippen LogP contribution in [0.15, 0.2) is 22.7 Å². The molecule has 1 heterocycles. The van der Waals surface area contributed by atoms with Gasteiger partial charge in [-0.1, -0.05) is 11.6 Å². The maximum atomic E-state index is 11.9. The van der Waals surface area contributed by atoms with Crippen molar-refractivity contribution in [1.29, 1.82) is 0 Å². The molecule has 0 radical (unpaired) electrons. The number of carbonyl (C=O) groups is 1. The van der Waals surface area contributed by atoms with Gasteiger partial charge in [0.2, 0.25) is 0 Å². The first-order valence-electron chi connectivity index (χ1n) is 6.06. The molecule has 0 bridgehead atoms. The van der Waals surface area contributed by atoms with Crippen LogP contribution in [0.25, 0.3) is 0 Å². The minimum Gasteiger partial charge on any atom is -0.483 e. The van der Waals surface area contributed by atoms with Gasteiger partial charge < -0.3 is 14.7 Å².